The van der Waals surface area contributed by atoms with Crippen molar-refractivity contribution in [2.24, 2.45) is 4.99 Å². The summed E-state index contributed by atoms with van der Waals surface area (Å²) in [4.78, 5) is 4.71. The molecule has 2 rings (SSSR count). The third-order valence-corrected chi connectivity index (χ3v) is 4.16. The summed E-state index contributed by atoms with van der Waals surface area (Å²) in [6.45, 7) is 3.57. The Hall–Kier alpha value is -1.91. The number of rotatable bonds is 6. The number of hydrogen-bond acceptors (Lipinski definition) is 3. The summed E-state index contributed by atoms with van der Waals surface area (Å²) in [6.07, 6.45) is 6.46. The number of hydrogen-bond donors (Lipinski definition) is 2. The molecule has 0 spiro atoms. The second kappa shape index (κ2) is 9.28. The second-order valence-corrected chi connectivity index (χ2v) is 5.86. The van der Waals surface area contributed by atoms with Crippen molar-refractivity contribution in [3.63, 3.8) is 0 Å². The quantitative estimate of drug-likeness (QED) is 0.625. The summed E-state index contributed by atoms with van der Waals surface area (Å²) in [5.41, 5.74) is 1.10. The maximum absolute atomic E-state index is 5.35. The first kappa shape index (κ1) is 17.4. The Morgan fingerprint density at radius 1 is 1.13 bits per heavy atom. The molecule has 0 amide bonds. The van der Waals surface area contributed by atoms with Crippen LogP contribution in [-0.2, 0) is 6.54 Å². The fourth-order valence-corrected chi connectivity index (χ4v) is 2.91. The molecule has 2 N–H and O–H groups in total. The average Bonchev–Trinajstić information content (AvgIpc) is 2.60. The molecule has 0 radical (unpaired) electrons. The lowest BCUT2D eigenvalue weighted by Gasteiger charge is -2.24. The predicted molar refractivity (Wildman–Crippen MR) is 94.4 cm³/mol. The van der Waals surface area contributed by atoms with E-state index in [2.05, 4.69) is 17.6 Å². The molecule has 5 nitrogen and oxygen atoms in total. The van der Waals surface area contributed by atoms with E-state index in [1.165, 1.54) is 32.1 Å². The summed E-state index contributed by atoms with van der Waals surface area (Å²) in [7, 11) is 3.30. The van der Waals surface area contributed by atoms with Crippen LogP contribution in [0.15, 0.2) is 23.2 Å². The maximum Gasteiger partial charge on any atom is 0.191 e. The van der Waals surface area contributed by atoms with Crippen LogP contribution in [0.25, 0.3) is 0 Å². The van der Waals surface area contributed by atoms with Crippen LogP contribution in [-0.4, -0.2) is 32.8 Å². The highest BCUT2D eigenvalue weighted by Gasteiger charge is 2.14. The van der Waals surface area contributed by atoms with Crippen LogP contribution >= 0.6 is 0 Å². The van der Waals surface area contributed by atoms with Crippen molar-refractivity contribution in [3.05, 3.63) is 23.8 Å². The van der Waals surface area contributed by atoms with Crippen LogP contribution in [0.1, 0.15) is 44.6 Å². The highest BCUT2D eigenvalue weighted by Crippen LogP contribution is 2.27. The van der Waals surface area contributed by atoms with E-state index in [4.69, 9.17) is 14.5 Å². The van der Waals surface area contributed by atoms with Gasteiger partial charge in [-0.15, -0.1) is 0 Å². The zero-order valence-corrected chi connectivity index (χ0v) is 14.5. The van der Waals surface area contributed by atoms with Gasteiger partial charge in [0.2, 0.25) is 0 Å². The SMILES string of the molecule is CCNC(=NCc1ccc(OC)c(OC)c1)NC1CCCCC1. The Morgan fingerprint density at radius 2 is 1.87 bits per heavy atom. The minimum absolute atomic E-state index is 0.548. The molecule has 0 heterocycles. The fourth-order valence-electron chi connectivity index (χ4n) is 2.91. The van der Waals surface area contributed by atoms with Gasteiger partial charge in [-0.1, -0.05) is 25.3 Å². The van der Waals surface area contributed by atoms with E-state index in [1.807, 2.05) is 18.2 Å². The monoisotopic (exact) mass is 319 g/mol. The zero-order chi connectivity index (χ0) is 16.5. The number of methoxy groups -OCH3 is 2. The van der Waals surface area contributed by atoms with Crippen molar-refractivity contribution < 1.29 is 9.47 Å². The molecule has 1 aliphatic rings. The second-order valence-electron chi connectivity index (χ2n) is 5.86. The van der Waals surface area contributed by atoms with Gasteiger partial charge in [-0.2, -0.15) is 0 Å². The van der Waals surface area contributed by atoms with Gasteiger partial charge in [0.1, 0.15) is 0 Å². The molecule has 1 aromatic carbocycles. The van der Waals surface area contributed by atoms with E-state index in [0.29, 0.717) is 12.6 Å². The number of ether oxygens (including phenoxy) is 2. The smallest absolute Gasteiger partial charge is 0.191 e. The van der Waals surface area contributed by atoms with Crippen LogP contribution in [0.5, 0.6) is 11.5 Å². The standard InChI is InChI=1S/C18H29N3O2/c1-4-19-18(21-15-8-6-5-7-9-15)20-13-14-10-11-16(22-2)17(12-14)23-3/h10-12,15H,4-9,13H2,1-3H3,(H2,19,20,21). The molecule has 0 unspecified atom stereocenters. The third kappa shape index (κ3) is 5.34. The van der Waals surface area contributed by atoms with Gasteiger partial charge in [0, 0.05) is 12.6 Å². The largest absolute Gasteiger partial charge is 0.493 e. The number of benzene rings is 1. The van der Waals surface area contributed by atoms with Gasteiger partial charge in [-0.05, 0) is 37.5 Å². The topological polar surface area (TPSA) is 54.9 Å². The van der Waals surface area contributed by atoms with E-state index in [1.54, 1.807) is 14.2 Å². The van der Waals surface area contributed by atoms with E-state index in [9.17, 15) is 0 Å². The highest BCUT2D eigenvalue weighted by molar-refractivity contribution is 5.80. The van der Waals surface area contributed by atoms with Crippen LogP contribution in [0.3, 0.4) is 0 Å². The molecule has 5 heteroatoms. The van der Waals surface area contributed by atoms with Gasteiger partial charge in [-0.3, -0.25) is 0 Å². The van der Waals surface area contributed by atoms with Gasteiger partial charge >= 0.3 is 0 Å². The molecule has 128 valence electrons. The van der Waals surface area contributed by atoms with Crippen LogP contribution in [0, 0.1) is 0 Å². The summed E-state index contributed by atoms with van der Waals surface area (Å²) < 4.78 is 10.6. The lowest BCUT2D eigenvalue weighted by Crippen LogP contribution is -2.44. The van der Waals surface area contributed by atoms with Crippen LogP contribution in [0.4, 0.5) is 0 Å². The molecular weight excluding hydrogens is 290 g/mol. The molecule has 1 aliphatic carbocycles. The van der Waals surface area contributed by atoms with Crippen molar-refractivity contribution >= 4 is 5.96 Å². The molecule has 0 saturated heterocycles. The van der Waals surface area contributed by atoms with Gasteiger partial charge < -0.3 is 20.1 Å². The Labute approximate surface area is 139 Å². The van der Waals surface area contributed by atoms with Crippen molar-refractivity contribution in [1.29, 1.82) is 0 Å². The summed E-state index contributed by atoms with van der Waals surface area (Å²) in [5, 5.41) is 6.90. The minimum Gasteiger partial charge on any atom is -0.493 e. The lowest BCUT2D eigenvalue weighted by molar-refractivity contribution is 0.354. The molecule has 1 fully saturated rings. The summed E-state index contributed by atoms with van der Waals surface area (Å²) in [6, 6.07) is 6.47. The first-order chi connectivity index (χ1) is 11.3. The van der Waals surface area contributed by atoms with E-state index >= 15 is 0 Å². The van der Waals surface area contributed by atoms with E-state index < -0.39 is 0 Å². The average molecular weight is 319 g/mol. The number of nitrogens with zero attached hydrogens (tertiary/aromatic N) is 1. The molecular formula is C18H29N3O2. The van der Waals surface area contributed by atoms with Gasteiger partial charge in [-0.25, -0.2) is 4.99 Å². The fraction of sp³-hybridized carbons (Fsp3) is 0.611. The van der Waals surface area contributed by atoms with Crippen LogP contribution < -0.4 is 20.1 Å². The molecule has 23 heavy (non-hydrogen) atoms. The molecule has 0 atom stereocenters. The number of guanidine groups is 1. The zero-order valence-electron chi connectivity index (χ0n) is 14.5. The normalized spacial score (nSPS) is 16.0. The van der Waals surface area contributed by atoms with Gasteiger partial charge in [0.15, 0.2) is 17.5 Å². The number of aliphatic imine (C=N–C) groups is 1. The minimum atomic E-state index is 0.548. The molecule has 0 aromatic heterocycles. The van der Waals surface area contributed by atoms with Crippen molar-refractivity contribution in [1.82, 2.24) is 10.6 Å². The maximum atomic E-state index is 5.35. The van der Waals surface area contributed by atoms with Crippen molar-refractivity contribution in [2.45, 2.75) is 51.6 Å². The predicted octanol–water partition coefficient (Wildman–Crippen LogP) is 3.09. The first-order valence-corrected chi connectivity index (χ1v) is 8.52. The summed E-state index contributed by atoms with van der Waals surface area (Å²) >= 11 is 0. The molecule has 1 saturated carbocycles. The Kier molecular flexibility index (Phi) is 7.04. The van der Waals surface area contributed by atoms with Crippen molar-refractivity contribution in [3.8, 4) is 11.5 Å². The number of nitrogens with one attached hydrogen (secondary N) is 2. The Bertz CT molecular complexity index is 511. The van der Waals surface area contributed by atoms with Crippen LogP contribution in [0.2, 0.25) is 0 Å². The molecule has 0 bridgehead atoms. The molecule has 0 aliphatic heterocycles. The summed E-state index contributed by atoms with van der Waals surface area (Å²) in [5.74, 6) is 2.38. The Balaban J connectivity index is 2.01. The first-order valence-electron chi connectivity index (χ1n) is 8.52. The third-order valence-electron chi connectivity index (χ3n) is 4.16. The van der Waals surface area contributed by atoms with Gasteiger partial charge in [0.05, 0.1) is 20.8 Å². The van der Waals surface area contributed by atoms with E-state index in [0.717, 1.165) is 29.6 Å². The lowest BCUT2D eigenvalue weighted by atomic mass is 9.96. The molecule has 1 aromatic rings. The van der Waals surface area contributed by atoms with Crippen molar-refractivity contribution in [2.75, 3.05) is 20.8 Å². The van der Waals surface area contributed by atoms with E-state index in [-0.39, 0.29) is 0 Å². The Morgan fingerprint density at radius 3 is 2.52 bits per heavy atom. The highest BCUT2D eigenvalue weighted by atomic mass is 16.5. The van der Waals surface area contributed by atoms with Gasteiger partial charge in [0.25, 0.3) is 0 Å².